The normalized spacial score (nSPS) is 23.3. The molecule has 0 saturated carbocycles. The van der Waals surface area contributed by atoms with Gasteiger partial charge in [0.2, 0.25) is 0 Å². The van der Waals surface area contributed by atoms with E-state index in [2.05, 4.69) is 15.9 Å². The van der Waals surface area contributed by atoms with Crippen molar-refractivity contribution in [3.8, 4) is 0 Å². The molecule has 1 aliphatic rings. The van der Waals surface area contributed by atoms with E-state index in [1.54, 1.807) is 4.90 Å². The van der Waals surface area contributed by atoms with E-state index in [1.165, 1.54) is 0 Å². The lowest BCUT2D eigenvalue weighted by Crippen LogP contribution is -2.33. The summed E-state index contributed by atoms with van der Waals surface area (Å²) in [7, 11) is 0. The van der Waals surface area contributed by atoms with Gasteiger partial charge in [-0.05, 0) is 31.2 Å². The number of cyclic esters (lactones) is 1. The van der Waals surface area contributed by atoms with Crippen LogP contribution in [0.15, 0.2) is 28.7 Å². The summed E-state index contributed by atoms with van der Waals surface area (Å²) in [5.74, 6) is 0. The zero-order valence-corrected chi connectivity index (χ0v) is 11.9. The third-order valence-electron chi connectivity index (χ3n) is 3.08. The molecule has 5 heteroatoms. The Morgan fingerprint density at radius 1 is 1.44 bits per heavy atom. The molecule has 0 bridgehead atoms. The predicted molar refractivity (Wildman–Crippen MR) is 73.1 cm³/mol. The monoisotopic (exact) mass is 312 g/mol. The molecule has 1 saturated heterocycles. The Balaban J connectivity index is 2.02. The molecular formula is C13H17BrN2O2. The molecule has 1 amide bonds. The van der Waals surface area contributed by atoms with Crippen molar-refractivity contribution in [1.82, 2.24) is 4.90 Å². The SMILES string of the molecule is CC1(CCN)CN(Cc2ccc(Br)cc2)C(=O)O1. The first-order valence-corrected chi connectivity index (χ1v) is 6.74. The number of benzene rings is 1. The van der Waals surface area contributed by atoms with Crippen molar-refractivity contribution in [2.45, 2.75) is 25.5 Å². The lowest BCUT2D eigenvalue weighted by atomic mass is 10.0. The second kappa shape index (κ2) is 5.28. The molecule has 2 rings (SSSR count). The van der Waals surface area contributed by atoms with Gasteiger partial charge in [-0.15, -0.1) is 0 Å². The fourth-order valence-corrected chi connectivity index (χ4v) is 2.41. The Hall–Kier alpha value is -1.07. The molecule has 1 unspecified atom stereocenters. The van der Waals surface area contributed by atoms with Crippen LogP contribution in [-0.2, 0) is 11.3 Å². The van der Waals surface area contributed by atoms with Gasteiger partial charge in [0.25, 0.3) is 0 Å². The van der Waals surface area contributed by atoms with Crippen LogP contribution >= 0.6 is 15.9 Å². The molecule has 1 fully saturated rings. The molecule has 0 radical (unpaired) electrons. The van der Waals surface area contributed by atoms with E-state index < -0.39 is 5.60 Å². The van der Waals surface area contributed by atoms with Crippen LogP contribution < -0.4 is 5.73 Å². The molecule has 98 valence electrons. The minimum Gasteiger partial charge on any atom is -0.441 e. The van der Waals surface area contributed by atoms with Crippen LogP contribution in [-0.4, -0.2) is 29.7 Å². The summed E-state index contributed by atoms with van der Waals surface area (Å²) in [6.07, 6.45) is 0.434. The van der Waals surface area contributed by atoms with Gasteiger partial charge in [-0.3, -0.25) is 4.90 Å². The average Bonchev–Trinajstić information content (AvgIpc) is 2.57. The van der Waals surface area contributed by atoms with Crippen LogP contribution in [0.1, 0.15) is 18.9 Å². The Morgan fingerprint density at radius 3 is 2.72 bits per heavy atom. The van der Waals surface area contributed by atoms with Gasteiger partial charge < -0.3 is 10.5 Å². The number of carbonyl (C=O) groups is 1. The van der Waals surface area contributed by atoms with E-state index in [0.29, 0.717) is 26.1 Å². The molecule has 0 aromatic heterocycles. The van der Waals surface area contributed by atoms with E-state index in [4.69, 9.17) is 10.5 Å². The Morgan fingerprint density at radius 2 is 2.11 bits per heavy atom. The number of carbonyl (C=O) groups excluding carboxylic acids is 1. The van der Waals surface area contributed by atoms with Gasteiger partial charge in [-0.2, -0.15) is 0 Å². The van der Waals surface area contributed by atoms with E-state index >= 15 is 0 Å². The van der Waals surface area contributed by atoms with Crippen molar-refractivity contribution in [2.75, 3.05) is 13.1 Å². The van der Waals surface area contributed by atoms with Crippen LogP contribution in [0.25, 0.3) is 0 Å². The second-order valence-corrected chi connectivity index (χ2v) is 5.75. The number of nitrogens with two attached hydrogens (primary N) is 1. The molecule has 1 aromatic rings. The molecule has 2 N–H and O–H groups in total. The molecule has 0 aliphatic carbocycles. The minimum atomic E-state index is -0.443. The highest BCUT2D eigenvalue weighted by Gasteiger charge is 2.40. The van der Waals surface area contributed by atoms with Crippen LogP contribution in [0.5, 0.6) is 0 Å². The largest absolute Gasteiger partial charge is 0.441 e. The van der Waals surface area contributed by atoms with Crippen molar-refractivity contribution >= 4 is 22.0 Å². The third-order valence-corrected chi connectivity index (χ3v) is 3.61. The fourth-order valence-electron chi connectivity index (χ4n) is 2.14. The highest BCUT2D eigenvalue weighted by atomic mass is 79.9. The molecule has 1 atom stereocenters. The van der Waals surface area contributed by atoms with Gasteiger partial charge in [0.05, 0.1) is 6.54 Å². The van der Waals surface area contributed by atoms with Crippen molar-refractivity contribution in [3.05, 3.63) is 34.3 Å². The van der Waals surface area contributed by atoms with E-state index in [1.807, 2.05) is 31.2 Å². The van der Waals surface area contributed by atoms with Gasteiger partial charge in [-0.25, -0.2) is 4.79 Å². The molecule has 4 nitrogen and oxygen atoms in total. The molecule has 1 heterocycles. The maximum atomic E-state index is 11.8. The summed E-state index contributed by atoms with van der Waals surface area (Å²) in [6.45, 7) is 3.63. The molecule has 1 aromatic carbocycles. The number of hydrogen-bond acceptors (Lipinski definition) is 3. The fraction of sp³-hybridized carbons (Fsp3) is 0.462. The smallest absolute Gasteiger partial charge is 0.410 e. The van der Waals surface area contributed by atoms with Gasteiger partial charge in [0, 0.05) is 17.4 Å². The van der Waals surface area contributed by atoms with Crippen molar-refractivity contribution < 1.29 is 9.53 Å². The lowest BCUT2D eigenvalue weighted by Gasteiger charge is -2.20. The topological polar surface area (TPSA) is 55.6 Å². The Bertz CT molecular complexity index is 435. The lowest BCUT2D eigenvalue weighted by molar-refractivity contribution is 0.0669. The molecular weight excluding hydrogens is 296 g/mol. The first-order valence-electron chi connectivity index (χ1n) is 5.95. The quantitative estimate of drug-likeness (QED) is 0.929. The van der Waals surface area contributed by atoms with E-state index in [-0.39, 0.29) is 6.09 Å². The average molecular weight is 313 g/mol. The number of ether oxygens (including phenoxy) is 1. The number of rotatable bonds is 4. The number of nitrogens with zero attached hydrogens (tertiary/aromatic N) is 1. The predicted octanol–water partition coefficient (Wildman–Crippen LogP) is 2.51. The summed E-state index contributed by atoms with van der Waals surface area (Å²) in [4.78, 5) is 13.5. The Kier molecular flexibility index (Phi) is 3.92. The summed E-state index contributed by atoms with van der Waals surface area (Å²) in [6, 6.07) is 7.93. The van der Waals surface area contributed by atoms with E-state index in [0.717, 1.165) is 10.0 Å². The van der Waals surface area contributed by atoms with Crippen LogP contribution in [0.4, 0.5) is 4.79 Å². The van der Waals surface area contributed by atoms with E-state index in [9.17, 15) is 4.79 Å². The molecule has 1 aliphatic heterocycles. The highest BCUT2D eigenvalue weighted by Crippen LogP contribution is 2.26. The number of hydrogen-bond donors (Lipinski definition) is 1. The highest BCUT2D eigenvalue weighted by molar-refractivity contribution is 9.10. The zero-order chi connectivity index (χ0) is 13.2. The summed E-state index contributed by atoms with van der Waals surface area (Å²) < 4.78 is 6.43. The molecule has 18 heavy (non-hydrogen) atoms. The summed E-state index contributed by atoms with van der Waals surface area (Å²) in [5, 5.41) is 0. The summed E-state index contributed by atoms with van der Waals surface area (Å²) >= 11 is 3.39. The first-order chi connectivity index (χ1) is 8.52. The number of amides is 1. The third kappa shape index (κ3) is 3.03. The minimum absolute atomic E-state index is 0.256. The van der Waals surface area contributed by atoms with Crippen LogP contribution in [0.2, 0.25) is 0 Å². The van der Waals surface area contributed by atoms with Crippen molar-refractivity contribution in [2.24, 2.45) is 5.73 Å². The van der Waals surface area contributed by atoms with Crippen LogP contribution in [0.3, 0.4) is 0 Å². The first kappa shape index (κ1) is 13.4. The second-order valence-electron chi connectivity index (χ2n) is 4.84. The van der Waals surface area contributed by atoms with Gasteiger partial charge in [0.15, 0.2) is 0 Å². The molecule has 0 spiro atoms. The van der Waals surface area contributed by atoms with Gasteiger partial charge >= 0.3 is 6.09 Å². The summed E-state index contributed by atoms with van der Waals surface area (Å²) in [5.41, 5.74) is 6.19. The van der Waals surface area contributed by atoms with Gasteiger partial charge in [-0.1, -0.05) is 28.1 Å². The maximum absolute atomic E-state index is 11.8. The van der Waals surface area contributed by atoms with Crippen LogP contribution in [0, 0.1) is 0 Å². The zero-order valence-electron chi connectivity index (χ0n) is 10.4. The van der Waals surface area contributed by atoms with Crippen molar-refractivity contribution in [1.29, 1.82) is 0 Å². The van der Waals surface area contributed by atoms with Crippen molar-refractivity contribution in [3.63, 3.8) is 0 Å². The maximum Gasteiger partial charge on any atom is 0.410 e. The standard InChI is InChI=1S/C13H17BrN2O2/c1-13(6-7-15)9-16(12(17)18-13)8-10-2-4-11(14)5-3-10/h2-5H,6-9,15H2,1H3. The number of halogens is 1. The Labute approximate surface area is 115 Å². The van der Waals surface area contributed by atoms with Gasteiger partial charge in [0.1, 0.15) is 5.60 Å².